The lowest BCUT2D eigenvalue weighted by molar-refractivity contribution is -0.111. The summed E-state index contributed by atoms with van der Waals surface area (Å²) in [5, 5.41) is 5.50. The molecule has 1 heterocycles. The maximum atomic E-state index is 12.1. The summed E-state index contributed by atoms with van der Waals surface area (Å²) in [6.07, 6.45) is 1.98. The molecule has 1 fully saturated rings. The summed E-state index contributed by atoms with van der Waals surface area (Å²) in [7, 11) is 0. The fourth-order valence-corrected chi connectivity index (χ4v) is 1.89. The van der Waals surface area contributed by atoms with Gasteiger partial charge in [-0.3, -0.25) is 9.59 Å². The summed E-state index contributed by atoms with van der Waals surface area (Å²) in [6, 6.07) is 6.90. The van der Waals surface area contributed by atoms with E-state index in [1.807, 2.05) is 0 Å². The average molecular weight is 260 g/mol. The molecule has 2 amide bonds. The molecule has 1 aromatic carbocycles. The number of para-hydroxylation sites is 1. The Morgan fingerprint density at radius 1 is 1.37 bits per heavy atom. The molecular formula is C14H16N2O3. The lowest BCUT2D eigenvalue weighted by Gasteiger charge is -2.13. The largest absolute Gasteiger partial charge is 0.379 e. The first-order valence-electron chi connectivity index (χ1n) is 6.12. The number of rotatable bonds is 4. The van der Waals surface area contributed by atoms with Crippen LogP contribution in [0.3, 0.4) is 0 Å². The van der Waals surface area contributed by atoms with Crippen molar-refractivity contribution in [3.63, 3.8) is 0 Å². The van der Waals surface area contributed by atoms with Crippen LogP contribution in [0, 0.1) is 0 Å². The zero-order valence-corrected chi connectivity index (χ0v) is 10.5. The molecule has 100 valence electrons. The van der Waals surface area contributed by atoms with Crippen LogP contribution in [0.5, 0.6) is 0 Å². The molecule has 0 radical (unpaired) electrons. The van der Waals surface area contributed by atoms with E-state index in [0.29, 0.717) is 24.5 Å². The van der Waals surface area contributed by atoms with Crippen molar-refractivity contribution >= 4 is 17.5 Å². The molecule has 0 unspecified atom stereocenters. The second-order valence-electron chi connectivity index (χ2n) is 4.27. The topological polar surface area (TPSA) is 67.4 Å². The first-order valence-corrected chi connectivity index (χ1v) is 6.12. The number of nitrogens with one attached hydrogen (secondary N) is 2. The molecule has 1 atom stereocenters. The highest BCUT2D eigenvalue weighted by molar-refractivity contribution is 6.06. The second-order valence-corrected chi connectivity index (χ2v) is 4.27. The van der Waals surface area contributed by atoms with Gasteiger partial charge >= 0.3 is 0 Å². The summed E-state index contributed by atoms with van der Waals surface area (Å²) in [4.78, 5) is 23.5. The molecule has 1 aromatic rings. The van der Waals surface area contributed by atoms with Crippen LogP contribution < -0.4 is 10.6 Å². The van der Waals surface area contributed by atoms with Crippen LogP contribution >= 0.6 is 0 Å². The van der Waals surface area contributed by atoms with Crippen molar-refractivity contribution in [2.75, 3.05) is 18.5 Å². The Morgan fingerprint density at radius 2 is 2.16 bits per heavy atom. The molecule has 1 saturated heterocycles. The Hall–Kier alpha value is -2.14. The van der Waals surface area contributed by atoms with Crippen molar-refractivity contribution in [1.82, 2.24) is 5.32 Å². The van der Waals surface area contributed by atoms with Crippen LogP contribution in [0.4, 0.5) is 5.69 Å². The number of hydrogen-bond acceptors (Lipinski definition) is 3. The molecule has 0 aliphatic carbocycles. The number of carbonyl (C=O) groups is 2. The van der Waals surface area contributed by atoms with Crippen molar-refractivity contribution in [2.45, 2.75) is 12.5 Å². The minimum Gasteiger partial charge on any atom is -0.379 e. The van der Waals surface area contributed by atoms with Crippen LogP contribution in [0.2, 0.25) is 0 Å². The molecule has 0 saturated carbocycles. The molecule has 1 aliphatic rings. The summed E-state index contributed by atoms with van der Waals surface area (Å²) in [6.45, 7) is 4.59. The number of hydrogen-bond donors (Lipinski definition) is 2. The molecule has 5 heteroatoms. The van der Waals surface area contributed by atoms with Gasteiger partial charge in [-0.25, -0.2) is 0 Å². The van der Waals surface area contributed by atoms with E-state index in [1.165, 1.54) is 6.08 Å². The highest BCUT2D eigenvalue weighted by Gasteiger charge is 2.20. The van der Waals surface area contributed by atoms with Gasteiger partial charge in [0, 0.05) is 6.61 Å². The number of anilines is 1. The van der Waals surface area contributed by atoms with Gasteiger partial charge in [0.25, 0.3) is 5.91 Å². The molecule has 5 nitrogen and oxygen atoms in total. The van der Waals surface area contributed by atoms with Gasteiger partial charge in [0.2, 0.25) is 5.91 Å². The van der Waals surface area contributed by atoms with E-state index in [1.54, 1.807) is 24.3 Å². The molecule has 1 aliphatic heterocycles. The van der Waals surface area contributed by atoms with Gasteiger partial charge in [-0.15, -0.1) is 0 Å². The SMILES string of the molecule is C=CC(=O)Nc1ccccc1C(=O)N[C@H]1CCOC1. The lowest BCUT2D eigenvalue weighted by Crippen LogP contribution is -2.35. The van der Waals surface area contributed by atoms with Crippen molar-refractivity contribution in [3.8, 4) is 0 Å². The van der Waals surface area contributed by atoms with Crippen LogP contribution in [0.25, 0.3) is 0 Å². The fraction of sp³-hybridized carbons (Fsp3) is 0.286. The predicted molar refractivity (Wildman–Crippen MR) is 72.0 cm³/mol. The minimum absolute atomic E-state index is 0.0376. The minimum atomic E-state index is -0.343. The highest BCUT2D eigenvalue weighted by Crippen LogP contribution is 2.16. The standard InChI is InChI=1S/C14H16N2O3/c1-2-13(17)16-12-6-4-3-5-11(12)14(18)15-10-7-8-19-9-10/h2-6,10H,1,7-9H2,(H,15,18)(H,16,17)/t10-/m0/s1. The quantitative estimate of drug-likeness (QED) is 0.802. The number of amides is 2. The van der Waals surface area contributed by atoms with Gasteiger partial charge < -0.3 is 15.4 Å². The normalized spacial score (nSPS) is 17.8. The zero-order chi connectivity index (χ0) is 13.7. The monoisotopic (exact) mass is 260 g/mol. The Balaban J connectivity index is 2.11. The lowest BCUT2D eigenvalue weighted by atomic mass is 10.1. The summed E-state index contributed by atoms with van der Waals surface area (Å²) in [5.41, 5.74) is 0.911. The molecule has 0 spiro atoms. The van der Waals surface area contributed by atoms with Crippen LogP contribution in [0.15, 0.2) is 36.9 Å². The molecule has 0 bridgehead atoms. The van der Waals surface area contributed by atoms with Crippen LogP contribution in [-0.4, -0.2) is 31.1 Å². The third-order valence-electron chi connectivity index (χ3n) is 2.88. The van der Waals surface area contributed by atoms with E-state index in [4.69, 9.17) is 4.74 Å². The van der Waals surface area contributed by atoms with Crippen molar-refractivity contribution in [3.05, 3.63) is 42.5 Å². The Labute approximate surface area is 111 Å². The Morgan fingerprint density at radius 3 is 2.84 bits per heavy atom. The van der Waals surface area contributed by atoms with Crippen LogP contribution in [-0.2, 0) is 9.53 Å². The van der Waals surface area contributed by atoms with Crippen molar-refractivity contribution < 1.29 is 14.3 Å². The molecule has 19 heavy (non-hydrogen) atoms. The molecular weight excluding hydrogens is 244 g/mol. The first kappa shape index (κ1) is 13.3. The van der Waals surface area contributed by atoms with Gasteiger partial charge in [0.1, 0.15) is 0 Å². The Kier molecular flexibility index (Phi) is 4.30. The van der Waals surface area contributed by atoms with Gasteiger partial charge in [-0.05, 0) is 24.6 Å². The smallest absolute Gasteiger partial charge is 0.253 e. The van der Waals surface area contributed by atoms with Gasteiger partial charge in [0.15, 0.2) is 0 Å². The van der Waals surface area contributed by atoms with Crippen LogP contribution in [0.1, 0.15) is 16.8 Å². The fourth-order valence-electron chi connectivity index (χ4n) is 1.89. The van der Waals surface area contributed by atoms with E-state index in [-0.39, 0.29) is 17.9 Å². The third kappa shape index (κ3) is 3.42. The van der Waals surface area contributed by atoms with E-state index in [2.05, 4.69) is 17.2 Å². The van der Waals surface area contributed by atoms with Crippen molar-refractivity contribution in [2.24, 2.45) is 0 Å². The summed E-state index contributed by atoms with van der Waals surface area (Å²) >= 11 is 0. The summed E-state index contributed by atoms with van der Waals surface area (Å²) in [5.74, 6) is -0.556. The maximum absolute atomic E-state index is 12.1. The number of ether oxygens (including phenoxy) is 1. The van der Waals surface area contributed by atoms with Gasteiger partial charge in [-0.2, -0.15) is 0 Å². The first-order chi connectivity index (χ1) is 9.20. The van der Waals surface area contributed by atoms with E-state index in [9.17, 15) is 9.59 Å². The van der Waals surface area contributed by atoms with Gasteiger partial charge in [-0.1, -0.05) is 18.7 Å². The highest BCUT2D eigenvalue weighted by atomic mass is 16.5. The molecule has 2 N–H and O–H groups in total. The Bertz CT molecular complexity index is 493. The molecule has 2 rings (SSSR count). The average Bonchev–Trinajstić information content (AvgIpc) is 2.92. The van der Waals surface area contributed by atoms with E-state index >= 15 is 0 Å². The second kappa shape index (κ2) is 6.15. The van der Waals surface area contributed by atoms with Crippen molar-refractivity contribution in [1.29, 1.82) is 0 Å². The molecule has 0 aromatic heterocycles. The number of carbonyl (C=O) groups excluding carboxylic acids is 2. The summed E-state index contributed by atoms with van der Waals surface area (Å²) < 4.78 is 5.21. The number of benzene rings is 1. The predicted octanol–water partition coefficient (Wildman–Crippen LogP) is 1.33. The maximum Gasteiger partial charge on any atom is 0.253 e. The van der Waals surface area contributed by atoms with E-state index < -0.39 is 0 Å². The third-order valence-corrected chi connectivity index (χ3v) is 2.88. The zero-order valence-electron chi connectivity index (χ0n) is 10.5. The van der Waals surface area contributed by atoms with E-state index in [0.717, 1.165) is 6.42 Å². The van der Waals surface area contributed by atoms with Gasteiger partial charge in [0.05, 0.1) is 23.9 Å².